The molecule has 0 amide bonds. The molecular weight excluding hydrogens is 176 g/mol. The van der Waals surface area contributed by atoms with E-state index < -0.39 is 0 Å². The Bertz CT molecular complexity index is 330. The van der Waals surface area contributed by atoms with Gasteiger partial charge in [0.2, 0.25) is 0 Å². The summed E-state index contributed by atoms with van der Waals surface area (Å²) < 4.78 is 4.98. The minimum atomic E-state index is -0.149. The lowest BCUT2D eigenvalue weighted by Crippen LogP contribution is -2.17. The number of rotatable bonds is 4. The summed E-state index contributed by atoms with van der Waals surface area (Å²) in [4.78, 5) is 0. The zero-order valence-electron chi connectivity index (χ0n) is 8.23. The van der Waals surface area contributed by atoms with Gasteiger partial charge in [0.25, 0.3) is 0 Å². The van der Waals surface area contributed by atoms with Crippen molar-refractivity contribution in [1.82, 2.24) is 0 Å². The van der Waals surface area contributed by atoms with E-state index in [-0.39, 0.29) is 6.04 Å². The molecule has 0 aromatic heterocycles. The highest BCUT2D eigenvalue weighted by molar-refractivity contribution is 5.31. The lowest BCUT2D eigenvalue weighted by atomic mass is 9.99. The van der Waals surface area contributed by atoms with Crippen LogP contribution in [0.2, 0.25) is 0 Å². The highest BCUT2D eigenvalue weighted by Crippen LogP contribution is 2.16. The standard InChI is InChI=1S/C11H14N2O/c1-14-8-11(13)10-5-3-2-4-9(10)6-7-12/h2-5,11H,6,8,13H2,1H3/t11-/m1/s1. The van der Waals surface area contributed by atoms with Gasteiger partial charge in [0, 0.05) is 7.11 Å². The molecule has 0 heterocycles. The first-order valence-electron chi connectivity index (χ1n) is 4.49. The zero-order chi connectivity index (χ0) is 10.4. The minimum Gasteiger partial charge on any atom is -0.383 e. The van der Waals surface area contributed by atoms with Crippen LogP contribution in [0.5, 0.6) is 0 Å². The molecule has 3 heteroatoms. The molecule has 0 aliphatic carbocycles. The topological polar surface area (TPSA) is 59.0 Å². The van der Waals surface area contributed by atoms with E-state index in [9.17, 15) is 0 Å². The SMILES string of the molecule is COC[C@@H](N)c1ccccc1CC#N. The van der Waals surface area contributed by atoms with Crippen LogP contribution in [0, 0.1) is 11.3 Å². The number of hydrogen-bond donors (Lipinski definition) is 1. The van der Waals surface area contributed by atoms with E-state index in [2.05, 4.69) is 6.07 Å². The molecule has 0 saturated carbocycles. The fourth-order valence-corrected chi connectivity index (χ4v) is 1.41. The molecule has 3 nitrogen and oxygen atoms in total. The third-order valence-corrected chi connectivity index (χ3v) is 2.07. The molecule has 0 saturated heterocycles. The largest absolute Gasteiger partial charge is 0.383 e. The van der Waals surface area contributed by atoms with Gasteiger partial charge in [-0.25, -0.2) is 0 Å². The molecule has 1 aromatic carbocycles. The third kappa shape index (κ3) is 2.56. The summed E-state index contributed by atoms with van der Waals surface area (Å²) in [6.07, 6.45) is 0.396. The van der Waals surface area contributed by atoms with E-state index in [1.165, 1.54) is 0 Å². The normalized spacial score (nSPS) is 12.1. The van der Waals surface area contributed by atoms with Gasteiger partial charge in [0.15, 0.2) is 0 Å². The molecule has 0 spiro atoms. The van der Waals surface area contributed by atoms with Crippen molar-refractivity contribution in [1.29, 1.82) is 5.26 Å². The summed E-state index contributed by atoms with van der Waals surface area (Å²) in [5, 5.41) is 8.63. The van der Waals surface area contributed by atoms with Gasteiger partial charge in [0.1, 0.15) is 0 Å². The van der Waals surface area contributed by atoms with Crippen molar-refractivity contribution in [2.24, 2.45) is 5.73 Å². The average molecular weight is 190 g/mol. The average Bonchev–Trinajstić information content (AvgIpc) is 2.19. The molecule has 0 aliphatic heterocycles. The molecule has 1 rings (SSSR count). The van der Waals surface area contributed by atoms with Crippen LogP contribution in [0.1, 0.15) is 17.2 Å². The monoisotopic (exact) mass is 190 g/mol. The van der Waals surface area contributed by atoms with Crippen LogP contribution >= 0.6 is 0 Å². The Morgan fingerprint density at radius 1 is 1.50 bits per heavy atom. The Morgan fingerprint density at radius 2 is 2.21 bits per heavy atom. The number of nitrogens with two attached hydrogens (primary N) is 1. The molecule has 1 aromatic rings. The summed E-state index contributed by atoms with van der Waals surface area (Å²) in [6, 6.07) is 9.68. The van der Waals surface area contributed by atoms with Crippen molar-refractivity contribution < 1.29 is 4.74 Å². The van der Waals surface area contributed by atoms with Gasteiger partial charge in [-0.3, -0.25) is 0 Å². The molecule has 74 valence electrons. The van der Waals surface area contributed by atoms with Crippen molar-refractivity contribution in [3.05, 3.63) is 35.4 Å². The molecule has 14 heavy (non-hydrogen) atoms. The lowest BCUT2D eigenvalue weighted by Gasteiger charge is -2.13. The van der Waals surface area contributed by atoms with Gasteiger partial charge < -0.3 is 10.5 Å². The van der Waals surface area contributed by atoms with Crippen molar-refractivity contribution in [2.45, 2.75) is 12.5 Å². The summed E-state index contributed by atoms with van der Waals surface area (Å²) in [5.41, 5.74) is 7.88. The Kier molecular flexibility index (Phi) is 4.11. The maximum Gasteiger partial charge on any atom is 0.0669 e. The Labute approximate surface area is 84.1 Å². The summed E-state index contributed by atoms with van der Waals surface area (Å²) in [5.74, 6) is 0. The van der Waals surface area contributed by atoms with Crippen LogP contribution in [0.4, 0.5) is 0 Å². The van der Waals surface area contributed by atoms with Gasteiger partial charge in [-0.2, -0.15) is 5.26 Å². The minimum absolute atomic E-state index is 0.149. The van der Waals surface area contributed by atoms with E-state index in [0.717, 1.165) is 11.1 Å². The van der Waals surface area contributed by atoms with Crippen LogP contribution in [0.15, 0.2) is 24.3 Å². The Morgan fingerprint density at radius 3 is 2.86 bits per heavy atom. The summed E-state index contributed by atoms with van der Waals surface area (Å²) in [7, 11) is 1.62. The first-order valence-corrected chi connectivity index (χ1v) is 4.49. The van der Waals surface area contributed by atoms with Gasteiger partial charge >= 0.3 is 0 Å². The van der Waals surface area contributed by atoms with Crippen LogP contribution < -0.4 is 5.73 Å². The molecular formula is C11H14N2O. The molecule has 2 N–H and O–H groups in total. The second-order valence-corrected chi connectivity index (χ2v) is 3.10. The van der Waals surface area contributed by atoms with E-state index in [4.69, 9.17) is 15.7 Å². The predicted molar refractivity (Wildman–Crippen MR) is 54.6 cm³/mol. The van der Waals surface area contributed by atoms with Gasteiger partial charge in [0.05, 0.1) is 25.1 Å². The fraction of sp³-hybridized carbons (Fsp3) is 0.364. The van der Waals surface area contributed by atoms with E-state index in [1.807, 2.05) is 24.3 Å². The number of hydrogen-bond acceptors (Lipinski definition) is 3. The maximum absolute atomic E-state index is 8.63. The smallest absolute Gasteiger partial charge is 0.0669 e. The highest BCUT2D eigenvalue weighted by atomic mass is 16.5. The number of methoxy groups -OCH3 is 1. The molecule has 1 atom stereocenters. The second-order valence-electron chi connectivity index (χ2n) is 3.10. The molecule has 0 radical (unpaired) electrons. The fourth-order valence-electron chi connectivity index (χ4n) is 1.41. The summed E-state index contributed by atoms with van der Waals surface area (Å²) >= 11 is 0. The predicted octanol–water partition coefficient (Wildman–Crippen LogP) is 1.40. The van der Waals surface area contributed by atoms with Crippen molar-refractivity contribution in [2.75, 3.05) is 13.7 Å². The summed E-state index contributed by atoms with van der Waals surface area (Å²) in [6.45, 7) is 0.475. The van der Waals surface area contributed by atoms with Gasteiger partial charge in [-0.05, 0) is 11.1 Å². The quantitative estimate of drug-likeness (QED) is 0.780. The first kappa shape index (κ1) is 10.7. The number of ether oxygens (including phenoxy) is 1. The van der Waals surface area contributed by atoms with Gasteiger partial charge in [-0.1, -0.05) is 24.3 Å². The van der Waals surface area contributed by atoms with Crippen molar-refractivity contribution in [3.63, 3.8) is 0 Å². The Balaban J connectivity index is 2.89. The van der Waals surface area contributed by atoms with Crippen LogP contribution in [-0.2, 0) is 11.2 Å². The van der Waals surface area contributed by atoms with E-state index in [1.54, 1.807) is 7.11 Å². The number of nitriles is 1. The third-order valence-electron chi connectivity index (χ3n) is 2.07. The van der Waals surface area contributed by atoms with E-state index in [0.29, 0.717) is 13.0 Å². The number of benzene rings is 1. The van der Waals surface area contributed by atoms with Crippen LogP contribution in [0.3, 0.4) is 0 Å². The molecule has 0 fully saturated rings. The highest BCUT2D eigenvalue weighted by Gasteiger charge is 2.09. The van der Waals surface area contributed by atoms with Gasteiger partial charge in [-0.15, -0.1) is 0 Å². The van der Waals surface area contributed by atoms with Crippen LogP contribution in [0.25, 0.3) is 0 Å². The lowest BCUT2D eigenvalue weighted by molar-refractivity contribution is 0.180. The Hall–Kier alpha value is -1.37. The molecule has 0 aliphatic rings. The second kappa shape index (κ2) is 5.38. The maximum atomic E-state index is 8.63. The van der Waals surface area contributed by atoms with Crippen LogP contribution in [-0.4, -0.2) is 13.7 Å². The van der Waals surface area contributed by atoms with E-state index >= 15 is 0 Å². The van der Waals surface area contributed by atoms with Crippen molar-refractivity contribution in [3.8, 4) is 6.07 Å². The van der Waals surface area contributed by atoms with Crippen molar-refractivity contribution >= 4 is 0 Å². The number of nitrogens with zero attached hydrogens (tertiary/aromatic N) is 1. The first-order chi connectivity index (χ1) is 6.79. The zero-order valence-corrected chi connectivity index (χ0v) is 8.23. The molecule has 0 bridgehead atoms. The molecule has 0 unspecified atom stereocenters.